The first-order valence-corrected chi connectivity index (χ1v) is 15.8. The van der Waals surface area contributed by atoms with Crippen molar-refractivity contribution in [3.05, 3.63) is 23.3 Å². The molecule has 0 bridgehead atoms. The van der Waals surface area contributed by atoms with Gasteiger partial charge >= 0.3 is 0 Å². The number of aryl methyl sites for hydroxylation is 1. The van der Waals surface area contributed by atoms with Crippen LogP contribution in [0.3, 0.4) is 0 Å². The summed E-state index contributed by atoms with van der Waals surface area (Å²) in [7, 11) is 1.47. The SMILES string of the molecule is COc1cc2c(cc1O)C(CC(O)C(C)O)C#CC1(CCC(CCC3CNC4CC(=O)CCC4C3)CC1O)C(=O)CC2. The Kier molecular flexibility index (Phi) is 9.63. The summed E-state index contributed by atoms with van der Waals surface area (Å²) in [6.45, 7) is 2.46. The summed E-state index contributed by atoms with van der Waals surface area (Å²) >= 11 is 0. The summed E-state index contributed by atoms with van der Waals surface area (Å²) in [5, 5.41) is 46.2. The smallest absolute Gasteiger partial charge is 0.160 e. The third kappa shape index (κ3) is 6.55. The zero-order chi connectivity index (χ0) is 30.0. The predicted octanol–water partition coefficient (Wildman–Crippen LogP) is 3.41. The van der Waals surface area contributed by atoms with Gasteiger partial charge in [-0.2, -0.15) is 0 Å². The topological polar surface area (TPSA) is 136 Å². The van der Waals surface area contributed by atoms with E-state index < -0.39 is 29.6 Å². The molecule has 1 saturated heterocycles. The largest absolute Gasteiger partial charge is 0.504 e. The van der Waals surface area contributed by atoms with Gasteiger partial charge in [-0.25, -0.2) is 0 Å². The molecule has 3 fully saturated rings. The van der Waals surface area contributed by atoms with Crippen LogP contribution in [0.25, 0.3) is 0 Å². The van der Waals surface area contributed by atoms with Crippen molar-refractivity contribution in [2.24, 2.45) is 23.2 Å². The summed E-state index contributed by atoms with van der Waals surface area (Å²) in [5.74, 6) is 7.98. The van der Waals surface area contributed by atoms with E-state index in [9.17, 15) is 30.0 Å². The van der Waals surface area contributed by atoms with E-state index in [-0.39, 0.29) is 24.4 Å². The first-order chi connectivity index (χ1) is 20.1. The van der Waals surface area contributed by atoms with Crippen LogP contribution in [0.4, 0.5) is 0 Å². The van der Waals surface area contributed by atoms with Crippen LogP contribution in [-0.4, -0.2) is 70.0 Å². The number of nitrogens with one attached hydrogen (secondary N) is 1. The average molecular weight is 582 g/mol. The van der Waals surface area contributed by atoms with Gasteiger partial charge in [0.25, 0.3) is 0 Å². The first-order valence-electron chi connectivity index (χ1n) is 15.8. The normalized spacial score (nSPS) is 34.6. The first kappa shape index (κ1) is 31.0. The number of aliphatic hydroxyl groups is 3. The Bertz CT molecular complexity index is 1220. The van der Waals surface area contributed by atoms with Crippen molar-refractivity contribution in [2.75, 3.05) is 13.7 Å². The highest BCUT2D eigenvalue weighted by Gasteiger charge is 2.47. The molecule has 9 atom stereocenters. The van der Waals surface area contributed by atoms with Crippen LogP contribution in [0.5, 0.6) is 11.5 Å². The van der Waals surface area contributed by atoms with Gasteiger partial charge in [0, 0.05) is 31.2 Å². The lowest BCUT2D eigenvalue weighted by atomic mass is 9.64. The Morgan fingerprint density at radius 2 is 1.88 bits per heavy atom. The van der Waals surface area contributed by atoms with Crippen LogP contribution in [0.1, 0.15) is 94.6 Å². The molecule has 3 aliphatic carbocycles. The number of phenols is 1. The number of rotatable bonds is 7. The number of piperidine rings is 1. The van der Waals surface area contributed by atoms with E-state index in [1.54, 1.807) is 12.1 Å². The molecule has 1 spiro atoms. The van der Waals surface area contributed by atoms with Crippen molar-refractivity contribution in [1.29, 1.82) is 0 Å². The highest BCUT2D eigenvalue weighted by atomic mass is 16.5. The Morgan fingerprint density at radius 1 is 1.10 bits per heavy atom. The van der Waals surface area contributed by atoms with E-state index in [4.69, 9.17) is 4.74 Å². The number of Topliss-reactive ketones (excluding diaryl/α,β-unsaturated/α-hetero) is 2. The summed E-state index contributed by atoms with van der Waals surface area (Å²) in [6, 6.07) is 3.65. The molecule has 42 heavy (non-hydrogen) atoms. The van der Waals surface area contributed by atoms with E-state index in [1.807, 2.05) is 0 Å². The number of benzene rings is 1. The molecule has 0 radical (unpaired) electrons. The van der Waals surface area contributed by atoms with Gasteiger partial charge in [-0.1, -0.05) is 18.3 Å². The Hall–Kier alpha value is -2.44. The van der Waals surface area contributed by atoms with Crippen LogP contribution in [0.2, 0.25) is 0 Å². The third-order valence-corrected chi connectivity index (χ3v) is 10.6. The predicted molar refractivity (Wildman–Crippen MR) is 158 cm³/mol. The number of methoxy groups -OCH3 is 1. The maximum Gasteiger partial charge on any atom is 0.160 e. The lowest BCUT2D eigenvalue weighted by Gasteiger charge is -2.42. The van der Waals surface area contributed by atoms with Gasteiger partial charge in [-0.3, -0.25) is 9.59 Å². The molecule has 1 aromatic rings. The van der Waals surface area contributed by atoms with E-state index in [0.717, 1.165) is 44.2 Å². The Balaban J connectivity index is 1.30. The van der Waals surface area contributed by atoms with Crippen molar-refractivity contribution < 1.29 is 34.8 Å². The van der Waals surface area contributed by atoms with Gasteiger partial charge in [0.2, 0.25) is 0 Å². The van der Waals surface area contributed by atoms with Gasteiger partial charge in [-0.05, 0) is 106 Å². The van der Waals surface area contributed by atoms with E-state index in [1.165, 1.54) is 14.0 Å². The molecule has 4 aliphatic rings. The monoisotopic (exact) mass is 581 g/mol. The number of carbonyl (C=O) groups excluding carboxylic acids is 2. The van der Waals surface area contributed by atoms with Gasteiger partial charge < -0.3 is 30.5 Å². The number of fused-ring (bicyclic) bond motifs is 2. The van der Waals surface area contributed by atoms with Crippen molar-refractivity contribution >= 4 is 11.6 Å². The van der Waals surface area contributed by atoms with E-state index >= 15 is 0 Å². The van der Waals surface area contributed by atoms with Gasteiger partial charge in [0.15, 0.2) is 17.3 Å². The van der Waals surface area contributed by atoms with Crippen LogP contribution in [-0.2, 0) is 16.0 Å². The number of ether oxygens (including phenoxy) is 1. The molecule has 0 amide bonds. The van der Waals surface area contributed by atoms with Crippen LogP contribution in [0, 0.1) is 35.0 Å². The summed E-state index contributed by atoms with van der Waals surface area (Å²) in [6.07, 6.45) is 5.34. The quantitative estimate of drug-likeness (QED) is 0.309. The number of aliphatic hydroxyl groups excluding tert-OH is 3. The minimum absolute atomic E-state index is 0.0453. The highest BCUT2D eigenvalue weighted by Crippen LogP contribution is 2.45. The molecule has 5 rings (SSSR count). The standard InChI is InChI=1S/C34H47NO7/c1-20(36)29(38)15-24-10-12-34(32(40)8-6-23-16-31(42-2)30(39)18-27(23)24)11-9-21(14-33(34)41)3-4-22-13-25-5-7-26(37)17-28(25)35-19-22/h16,18,20-22,24-25,28-29,33,35-36,38-39,41H,3-9,11,13-15,17,19H2,1-2H3. The number of carbonyl (C=O) groups is 2. The van der Waals surface area contributed by atoms with Gasteiger partial charge in [0.05, 0.1) is 25.4 Å². The van der Waals surface area contributed by atoms with Gasteiger partial charge in [0.1, 0.15) is 11.2 Å². The molecule has 8 heteroatoms. The Morgan fingerprint density at radius 3 is 2.62 bits per heavy atom. The zero-order valence-corrected chi connectivity index (χ0v) is 25.0. The number of hydrogen-bond acceptors (Lipinski definition) is 8. The van der Waals surface area contributed by atoms with Gasteiger partial charge in [-0.15, -0.1) is 0 Å². The molecule has 9 unspecified atom stereocenters. The van der Waals surface area contributed by atoms with Crippen LogP contribution in [0.15, 0.2) is 12.1 Å². The van der Waals surface area contributed by atoms with Crippen molar-refractivity contribution in [2.45, 2.75) is 114 Å². The number of aromatic hydroxyl groups is 1. The highest BCUT2D eigenvalue weighted by molar-refractivity contribution is 5.89. The fourth-order valence-electron chi connectivity index (χ4n) is 7.86. The molecule has 1 heterocycles. The molecule has 2 saturated carbocycles. The van der Waals surface area contributed by atoms with Crippen molar-refractivity contribution in [3.63, 3.8) is 0 Å². The number of phenolic OH excluding ortho intramolecular Hbond substituents is 1. The second-order valence-corrected chi connectivity index (χ2v) is 13.4. The second-order valence-electron chi connectivity index (χ2n) is 13.4. The molecule has 8 nitrogen and oxygen atoms in total. The second kappa shape index (κ2) is 13.1. The van der Waals surface area contributed by atoms with Crippen LogP contribution < -0.4 is 10.1 Å². The molecular formula is C34H47NO7. The lowest BCUT2D eigenvalue weighted by Crippen LogP contribution is -2.49. The molecule has 230 valence electrons. The summed E-state index contributed by atoms with van der Waals surface area (Å²) < 4.78 is 5.31. The number of hydrogen-bond donors (Lipinski definition) is 5. The summed E-state index contributed by atoms with van der Waals surface area (Å²) in [5.41, 5.74) is 0.354. The molecule has 1 aliphatic heterocycles. The van der Waals surface area contributed by atoms with E-state index in [0.29, 0.717) is 73.0 Å². The fraction of sp³-hybridized carbons (Fsp3) is 0.706. The molecule has 1 aromatic carbocycles. The maximum atomic E-state index is 13.8. The zero-order valence-electron chi connectivity index (χ0n) is 25.0. The third-order valence-electron chi connectivity index (χ3n) is 10.6. The summed E-state index contributed by atoms with van der Waals surface area (Å²) in [4.78, 5) is 25.6. The fourth-order valence-corrected chi connectivity index (χ4v) is 7.86. The van der Waals surface area contributed by atoms with Crippen molar-refractivity contribution in [3.8, 4) is 23.3 Å². The van der Waals surface area contributed by atoms with Crippen LogP contribution >= 0.6 is 0 Å². The van der Waals surface area contributed by atoms with E-state index in [2.05, 4.69) is 17.2 Å². The maximum absolute atomic E-state index is 13.8. The lowest BCUT2D eigenvalue weighted by molar-refractivity contribution is -0.134. The molecule has 0 aromatic heterocycles. The number of ketones is 2. The Labute approximate surface area is 249 Å². The minimum atomic E-state index is -1.16. The minimum Gasteiger partial charge on any atom is -0.504 e. The molecular weight excluding hydrogens is 534 g/mol. The average Bonchev–Trinajstić information content (AvgIpc) is 3.02. The molecule has 5 N–H and O–H groups in total. The van der Waals surface area contributed by atoms with Crippen molar-refractivity contribution in [1.82, 2.24) is 5.32 Å².